The summed E-state index contributed by atoms with van der Waals surface area (Å²) in [7, 11) is 1.36. The van der Waals surface area contributed by atoms with Crippen LogP contribution in [-0.4, -0.2) is 18.8 Å². The summed E-state index contributed by atoms with van der Waals surface area (Å²) in [6.45, 7) is 1.95. The van der Waals surface area contributed by atoms with Crippen LogP contribution >= 0.6 is 11.6 Å². The van der Waals surface area contributed by atoms with Crippen LogP contribution in [0.5, 0.6) is 0 Å². The second-order valence-electron chi connectivity index (χ2n) is 4.32. The van der Waals surface area contributed by atoms with E-state index in [0.29, 0.717) is 10.7 Å². The van der Waals surface area contributed by atoms with Gasteiger partial charge in [-0.05, 0) is 24.6 Å². The zero-order chi connectivity index (χ0) is 13.8. The van der Waals surface area contributed by atoms with Crippen LogP contribution in [0.25, 0.3) is 0 Å². The number of carbonyl (C=O) groups excluding carboxylic acids is 1. The number of methoxy groups -OCH3 is 1. The van der Waals surface area contributed by atoms with Crippen LogP contribution in [0.3, 0.4) is 0 Å². The summed E-state index contributed by atoms with van der Waals surface area (Å²) in [6, 6.07) is 7.30. The molecule has 0 aromatic heterocycles. The van der Waals surface area contributed by atoms with Gasteiger partial charge >= 0.3 is 5.97 Å². The Bertz CT molecular complexity index is 540. The van der Waals surface area contributed by atoms with Gasteiger partial charge in [-0.3, -0.25) is 0 Å². The lowest BCUT2D eigenvalue weighted by Gasteiger charge is -2.16. The number of hydrazone groups is 1. The zero-order valence-electron chi connectivity index (χ0n) is 10.8. The Morgan fingerprint density at radius 3 is 3.00 bits per heavy atom. The van der Waals surface area contributed by atoms with E-state index in [-0.39, 0.29) is 5.92 Å². The Labute approximate surface area is 117 Å². The minimum Gasteiger partial charge on any atom is -0.464 e. The van der Waals surface area contributed by atoms with Gasteiger partial charge in [0.05, 0.1) is 12.8 Å². The first-order valence-corrected chi connectivity index (χ1v) is 6.38. The highest BCUT2D eigenvalue weighted by molar-refractivity contribution is 6.37. The number of benzene rings is 1. The minimum absolute atomic E-state index is 0.0212. The Balaban J connectivity index is 2.38. The summed E-state index contributed by atoms with van der Waals surface area (Å²) in [4.78, 5) is 11.7. The summed E-state index contributed by atoms with van der Waals surface area (Å²) in [5, 5.41) is 6.63. The van der Waals surface area contributed by atoms with Crippen LogP contribution in [0, 0.1) is 5.92 Å². The maximum atomic E-state index is 11.7. The summed E-state index contributed by atoms with van der Waals surface area (Å²) in [5.41, 5.74) is 1.21. The molecule has 4 nitrogen and oxygen atoms in total. The van der Waals surface area contributed by atoms with Gasteiger partial charge in [0.2, 0.25) is 0 Å². The normalized spacial score (nSPS) is 18.8. The monoisotopic (exact) mass is 278 g/mol. The number of allylic oxidation sites excluding steroid dienone is 1. The van der Waals surface area contributed by atoms with Crippen molar-refractivity contribution in [2.24, 2.45) is 11.0 Å². The van der Waals surface area contributed by atoms with E-state index in [2.05, 4.69) is 5.10 Å². The quantitative estimate of drug-likeness (QED) is 0.780. The van der Waals surface area contributed by atoms with E-state index in [1.54, 1.807) is 17.1 Å². The Hall–Kier alpha value is -1.81. The number of hydrogen-bond donors (Lipinski definition) is 0. The molecular weight excluding hydrogens is 264 g/mol. The van der Waals surface area contributed by atoms with Crippen LogP contribution in [0.1, 0.15) is 13.3 Å². The highest BCUT2D eigenvalue weighted by Crippen LogP contribution is 2.23. The van der Waals surface area contributed by atoms with Crippen LogP contribution in [0.15, 0.2) is 41.6 Å². The van der Waals surface area contributed by atoms with Crippen molar-refractivity contribution in [3.63, 3.8) is 0 Å². The second-order valence-corrected chi connectivity index (χ2v) is 4.76. The van der Waals surface area contributed by atoms with Crippen molar-refractivity contribution in [2.45, 2.75) is 13.3 Å². The van der Waals surface area contributed by atoms with Crippen LogP contribution in [0.2, 0.25) is 5.02 Å². The third-order valence-electron chi connectivity index (χ3n) is 2.89. The van der Waals surface area contributed by atoms with Gasteiger partial charge in [0.15, 0.2) is 0 Å². The minimum atomic E-state index is -0.400. The first kappa shape index (κ1) is 13.6. The molecular formula is C14H15ClN2O2. The van der Waals surface area contributed by atoms with Crippen LogP contribution in [0.4, 0.5) is 5.69 Å². The standard InChI is InChI=1S/C14H15ClN2O2/c1-10-5-4-8-17(16-13(10)14(18)19-2)12-7-3-6-11(15)9-12/h3-4,6-10H,5H2,1-2H3. The number of ether oxygens (including phenoxy) is 1. The topological polar surface area (TPSA) is 41.9 Å². The molecule has 0 fully saturated rings. The number of rotatable bonds is 2. The Kier molecular flexibility index (Phi) is 4.22. The Morgan fingerprint density at radius 1 is 1.53 bits per heavy atom. The molecule has 5 heteroatoms. The van der Waals surface area contributed by atoms with Gasteiger partial charge in [-0.1, -0.05) is 30.7 Å². The Morgan fingerprint density at radius 2 is 2.32 bits per heavy atom. The van der Waals surface area contributed by atoms with E-state index in [1.165, 1.54) is 7.11 Å². The molecule has 0 bridgehead atoms. The molecule has 0 saturated carbocycles. The fraction of sp³-hybridized carbons (Fsp3) is 0.286. The first-order chi connectivity index (χ1) is 9.11. The average Bonchev–Trinajstić information content (AvgIpc) is 2.60. The third-order valence-corrected chi connectivity index (χ3v) is 3.12. The fourth-order valence-corrected chi connectivity index (χ4v) is 2.02. The highest BCUT2D eigenvalue weighted by atomic mass is 35.5. The van der Waals surface area contributed by atoms with E-state index in [9.17, 15) is 4.79 Å². The number of halogens is 1. The van der Waals surface area contributed by atoms with E-state index in [1.807, 2.05) is 31.3 Å². The van der Waals surface area contributed by atoms with Gasteiger partial charge in [-0.2, -0.15) is 5.10 Å². The van der Waals surface area contributed by atoms with Crippen molar-refractivity contribution in [1.82, 2.24) is 0 Å². The lowest BCUT2D eigenvalue weighted by molar-refractivity contribution is -0.133. The van der Waals surface area contributed by atoms with Crippen molar-refractivity contribution in [2.75, 3.05) is 12.1 Å². The van der Waals surface area contributed by atoms with Crippen LogP contribution in [-0.2, 0) is 9.53 Å². The number of nitrogens with zero attached hydrogens (tertiary/aromatic N) is 2. The lowest BCUT2D eigenvalue weighted by atomic mass is 10.0. The predicted molar refractivity (Wildman–Crippen MR) is 76.3 cm³/mol. The molecule has 0 radical (unpaired) electrons. The molecule has 1 unspecified atom stereocenters. The molecule has 19 heavy (non-hydrogen) atoms. The van der Waals surface area contributed by atoms with Gasteiger partial charge in [0, 0.05) is 17.1 Å². The summed E-state index contributed by atoms with van der Waals surface area (Å²) >= 11 is 5.97. The summed E-state index contributed by atoms with van der Waals surface area (Å²) in [6.07, 6.45) is 4.55. The number of anilines is 1. The predicted octanol–water partition coefficient (Wildman–Crippen LogP) is 3.23. The maximum Gasteiger partial charge on any atom is 0.354 e. The molecule has 0 saturated heterocycles. The van der Waals surface area contributed by atoms with Crippen molar-refractivity contribution in [3.8, 4) is 0 Å². The smallest absolute Gasteiger partial charge is 0.354 e. The molecule has 1 atom stereocenters. The van der Waals surface area contributed by atoms with Gasteiger partial charge in [0.1, 0.15) is 5.71 Å². The van der Waals surface area contributed by atoms with Gasteiger partial charge in [-0.25, -0.2) is 9.80 Å². The fourth-order valence-electron chi connectivity index (χ4n) is 1.83. The highest BCUT2D eigenvalue weighted by Gasteiger charge is 2.22. The SMILES string of the molecule is COC(=O)C1=NN(c2cccc(Cl)c2)C=CCC1C. The third kappa shape index (κ3) is 3.15. The molecule has 0 amide bonds. The summed E-state index contributed by atoms with van der Waals surface area (Å²) < 4.78 is 4.77. The molecule has 2 rings (SSSR count). The molecule has 100 valence electrons. The van der Waals surface area contributed by atoms with Crippen molar-refractivity contribution in [1.29, 1.82) is 0 Å². The number of esters is 1. The van der Waals surface area contributed by atoms with E-state index < -0.39 is 5.97 Å². The molecule has 1 heterocycles. The van der Waals surface area contributed by atoms with Gasteiger partial charge < -0.3 is 4.74 Å². The molecule has 1 aromatic carbocycles. The van der Waals surface area contributed by atoms with Gasteiger partial charge in [-0.15, -0.1) is 0 Å². The van der Waals surface area contributed by atoms with Crippen molar-refractivity contribution < 1.29 is 9.53 Å². The van der Waals surface area contributed by atoms with Crippen molar-refractivity contribution >= 4 is 29.0 Å². The molecule has 1 aliphatic heterocycles. The van der Waals surface area contributed by atoms with E-state index in [4.69, 9.17) is 16.3 Å². The molecule has 0 N–H and O–H groups in total. The number of hydrogen-bond acceptors (Lipinski definition) is 4. The average molecular weight is 279 g/mol. The maximum absolute atomic E-state index is 11.7. The van der Waals surface area contributed by atoms with Crippen molar-refractivity contribution in [3.05, 3.63) is 41.6 Å². The van der Waals surface area contributed by atoms with E-state index >= 15 is 0 Å². The first-order valence-electron chi connectivity index (χ1n) is 6.00. The molecule has 0 aliphatic carbocycles. The second kappa shape index (κ2) is 5.89. The zero-order valence-corrected chi connectivity index (χ0v) is 11.6. The summed E-state index contributed by atoms with van der Waals surface area (Å²) in [5.74, 6) is -0.379. The van der Waals surface area contributed by atoms with Crippen LogP contribution < -0.4 is 5.01 Å². The largest absolute Gasteiger partial charge is 0.464 e. The number of carbonyl (C=O) groups is 1. The van der Waals surface area contributed by atoms with Gasteiger partial charge in [0.25, 0.3) is 0 Å². The molecule has 1 aromatic rings. The molecule has 1 aliphatic rings. The lowest BCUT2D eigenvalue weighted by Crippen LogP contribution is -2.25. The molecule has 0 spiro atoms. The van der Waals surface area contributed by atoms with E-state index in [0.717, 1.165) is 12.1 Å².